The van der Waals surface area contributed by atoms with Crippen LogP contribution in [-0.4, -0.2) is 42.1 Å². The minimum atomic E-state index is 0.107. The monoisotopic (exact) mass is 231 g/mol. The van der Waals surface area contributed by atoms with E-state index in [1.807, 2.05) is 0 Å². The Balaban J connectivity index is 1.74. The third kappa shape index (κ3) is 3.08. The van der Waals surface area contributed by atoms with Crippen LogP contribution >= 0.6 is 11.6 Å². The van der Waals surface area contributed by atoms with Crippen molar-refractivity contribution in [2.75, 3.05) is 25.5 Å². The van der Waals surface area contributed by atoms with Crippen LogP contribution in [0.4, 0.5) is 0 Å². The number of nitrogens with zero attached hydrogens (tertiary/aromatic N) is 1. The lowest BCUT2D eigenvalue weighted by molar-refractivity contribution is -0.0265. The van der Waals surface area contributed by atoms with Gasteiger partial charge in [-0.25, -0.2) is 0 Å². The minimum absolute atomic E-state index is 0.107. The summed E-state index contributed by atoms with van der Waals surface area (Å²) in [6.45, 7) is 7.87. The van der Waals surface area contributed by atoms with Crippen LogP contribution in [0.1, 0.15) is 33.1 Å². The maximum absolute atomic E-state index is 6.00. The third-order valence-electron chi connectivity index (χ3n) is 3.60. The van der Waals surface area contributed by atoms with Crippen molar-refractivity contribution in [3.05, 3.63) is 0 Å². The Hall–Kier alpha value is 0.210. The van der Waals surface area contributed by atoms with Gasteiger partial charge in [-0.05, 0) is 45.6 Å². The predicted molar refractivity (Wildman–Crippen MR) is 63.5 cm³/mol. The number of hydrogen-bond donors (Lipinski definition) is 0. The van der Waals surface area contributed by atoms with E-state index in [4.69, 9.17) is 16.3 Å². The summed E-state index contributed by atoms with van der Waals surface area (Å²) in [6.07, 6.45) is 4.13. The van der Waals surface area contributed by atoms with Crippen LogP contribution in [0.3, 0.4) is 0 Å². The first-order valence-corrected chi connectivity index (χ1v) is 6.59. The molecule has 3 heteroatoms. The van der Waals surface area contributed by atoms with Crippen molar-refractivity contribution in [1.29, 1.82) is 0 Å². The minimum Gasteiger partial charge on any atom is -0.371 e. The maximum atomic E-state index is 6.00. The summed E-state index contributed by atoms with van der Waals surface area (Å²) in [5.74, 6) is 1.52. The molecule has 2 nitrogen and oxygen atoms in total. The molecule has 2 aliphatic rings. The lowest BCUT2D eigenvalue weighted by Crippen LogP contribution is -2.32. The molecule has 2 rings (SSSR count). The predicted octanol–water partition coefficient (Wildman–Crippen LogP) is 2.50. The van der Waals surface area contributed by atoms with Crippen LogP contribution in [0.5, 0.6) is 0 Å². The first-order valence-electron chi connectivity index (χ1n) is 6.05. The molecule has 2 aliphatic heterocycles. The van der Waals surface area contributed by atoms with E-state index in [1.54, 1.807) is 0 Å². The Morgan fingerprint density at radius 1 is 1.40 bits per heavy atom. The van der Waals surface area contributed by atoms with Gasteiger partial charge < -0.3 is 9.64 Å². The number of rotatable bonds is 3. The van der Waals surface area contributed by atoms with Crippen molar-refractivity contribution < 1.29 is 4.74 Å². The summed E-state index contributed by atoms with van der Waals surface area (Å²) < 4.78 is 6.00. The fourth-order valence-corrected chi connectivity index (χ4v) is 2.95. The number of likely N-dealkylation sites (tertiary alicyclic amines) is 1. The van der Waals surface area contributed by atoms with Crippen LogP contribution in [-0.2, 0) is 4.74 Å². The van der Waals surface area contributed by atoms with E-state index >= 15 is 0 Å². The Labute approximate surface area is 97.9 Å². The molecule has 0 aliphatic carbocycles. The van der Waals surface area contributed by atoms with Crippen molar-refractivity contribution in [3.63, 3.8) is 0 Å². The molecule has 0 aromatic carbocycles. The second-order valence-electron chi connectivity index (χ2n) is 5.61. The third-order valence-corrected chi connectivity index (χ3v) is 4.04. The number of hydrogen-bond acceptors (Lipinski definition) is 2. The van der Waals surface area contributed by atoms with Gasteiger partial charge in [0.1, 0.15) is 0 Å². The quantitative estimate of drug-likeness (QED) is 0.693. The van der Waals surface area contributed by atoms with Gasteiger partial charge in [0, 0.05) is 19.0 Å². The van der Waals surface area contributed by atoms with Gasteiger partial charge >= 0.3 is 0 Å². The molecule has 0 bridgehead atoms. The van der Waals surface area contributed by atoms with E-state index in [-0.39, 0.29) is 5.60 Å². The molecule has 0 radical (unpaired) electrons. The highest BCUT2D eigenvalue weighted by molar-refractivity contribution is 6.18. The summed E-state index contributed by atoms with van der Waals surface area (Å²) in [7, 11) is 0. The van der Waals surface area contributed by atoms with Crippen LogP contribution in [0.25, 0.3) is 0 Å². The van der Waals surface area contributed by atoms with Gasteiger partial charge in [-0.15, -0.1) is 11.6 Å². The first kappa shape index (κ1) is 11.7. The Morgan fingerprint density at radius 2 is 2.20 bits per heavy atom. The van der Waals surface area contributed by atoms with E-state index < -0.39 is 0 Å². The number of ether oxygens (including phenoxy) is 1. The van der Waals surface area contributed by atoms with Crippen molar-refractivity contribution >= 4 is 11.6 Å². The standard InChI is InChI=1S/C12H22ClNO/c1-12(2)5-3-11(15-12)9-14-6-4-10(7-13)8-14/h10-11H,3-9H2,1-2H3. The Morgan fingerprint density at radius 3 is 2.73 bits per heavy atom. The normalized spacial score (nSPS) is 36.2. The molecule has 0 spiro atoms. The summed E-state index contributed by atoms with van der Waals surface area (Å²) in [6, 6.07) is 0. The Bertz CT molecular complexity index is 220. The van der Waals surface area contributed by atoms with Gasteiger partial charge in [0.15, 0.2) is 0 Å². The summed E-state index contributed by atoms with van der Waals surface area (Å²) >= 11 is 5.88. The number of alkyl halides is 1. The molecule has 2 heterocycles. The van der Waals surface area contributed by atoms with Crippen LogP contribution in [0.15, 0.2) is 0 Å². The van der Waals surface area contributed by atoms with Gasteiger partial charge in [-0.3, -0.25) is 0 Å². The fraction of sp³-hybridized carbons (Fsp3) is 1.00. The zero-order valence-electron chi connectivity index (χ0n) is 9.84. The molecule has 2 saturated heterocycles. The van der Waals surface area contributed by atoms with Crippen LogP contribution in [0.2, 0.25) is 0 Å². The average Bonchev–Trinajstić information content (AvgIpc) is 2.73. The van der Waals surface area contributed by atoms with Crippen LogP contribution < -0.4 is 0 Å². The van der Waals surface area contributed by atoms with Crippen molar-refractivity contribution in [2.24, 2.45) is 5.92 Å². The zero-order valence-corrected chi connectivity index (χ0v) is 10.6. The van der Waals surface area contributed by atoms with Crippen molar-refractivity contribution in [3.8, 4) is 0 Å². The van der Waals surface area contributed by atoms with Crippen LogP contribution in [0, 0.1) is 5.92 Å². The van der Waals surface area contributed by atoms with Gasteiger partial charge in [0.2, 0.25) is 0 Å². The smallest absolute Gasteiger partial charge is 0.0710 e. The topological polar surface area (TPSA) is 12.5 Å². The molecule has 88 valence electrons. The maximum Gasteiger partial charge on any atom is 0.0710 e. The lowest BCUT2D eigenvalue weighted by Gasteiger charge is -2.23. The molecule has 0 aromatic rings. The van der Waals surface area contributed by atoms with E-state index in [0.29, 0.717) is 12.0 Å². The van der Waals surface area contributed by atoms with E-state index in [2.05, 4.69) is 18.7 Å². The molecule has 2 fully saturated rings. The van der Waals surface area contributed by atoms with Crippen molar-refractivity contribution in [1.82, 2.24) is 4.90 Å². The average molecular weight is 232 g/mol. The number of halogens is 1. The van der Waals surface area contributed by atoms with Gasteiger partial charge in [-0.1, -0.05) is 0 Å². The van der Waals surface area contributed by atoms with Crippen molar-refractivity contribution in [2.45, 2.75) is 44.8 Å². The Kier molecular flexibility index (Phi) is 3.59. The molecule has 0 amide bonds. The molecular formula is C12H22ClNO. The van der Waals surface area contributed by atoms with E-state index in [9.17, 15) is 0 Å². The zero-order chi connectivity index (χ0) is 10.9. The van der Waals surface area contributed by atoms with E-state index in [1.165, 1.54) is 32.4 Å². The fourth-order valence-electron chi connectivity index (χ4n) is 2.70. The SMILES string of the molecule is CC1(C)CCC(CN2CCC(CCl)C2)O1. The summed E-state index contributed by atoms with van der Waals surface area (Å²) in [5, 5.41) is 0. The molecule has 0 saturated carbocycles. The van der Waals surface area contributed by atoms with Gasteiger partial charge in [0.05, 0.1) is 11.7 Å². The molecule has 2 atom stereocenters. The molecule has 2 unspecified atom stereocenters. The van der Waals surface area contributed by atoms with E-state index in [0.717, 1.165) is 12.4 Å². The molecule has 0 N–H and O–H groups in total. The summed E-state index contributed by atoms with van der Waals surface area (Å²) in [4.78, 5) is 2.51. The molecular weight excluding hydrogens is 210 g/mol. The van der Waals surface area contributed by atoms with Gasteiger partial charge in [-0.2, -0.15) is 0 Å². The highest BCUT2D eigenvalue weighted by Gasteiger charge is 2.33. The molecule has 0 aromatic heterocycles. The second kappa shape index (κ2) is 4.60. The molecule has 15 heavy (non-hydrogen) atoms. The highest BCUT2D eigenvalue weighted by Crippen LogP contribution is 2.30. The lowest BCUT2D eigenvalue weighted by atomic mass is 10.1. The second-order valence-corrected chi connectivity index (χ2v) is 5.92. The largest absolute Gasteiger partial charge is 0.371 e. The summed E-state index contributed by atoms with van der Waals surface area (Å²) in [5.41, 5.74) is 0.107. The van der Waals surface area contributed by atoms with Gasteiger partial charge in [0.25, 0.3) is 0 Å². The first-order chi connectivity index (χ1) is 7.09. The highest BCUT2D eigenvalue weighted by atomic mass is 35.5.